The van der Waals surface area contributed by atoms with Gasteiger partial charge in [0.25, 0.3) is 0 Å². The zero-order chi connectivity index (χ0) is 14.1. The Balaban J connectivity index is 2.23. The van der Waals surface area contributed by atoms with Crippen molar-refractivity contribution < 1.29 is 14.3 Å². The fourth-order valence-electron chi connectivity index (χ4n) is 2.28. The molecule has 0 aliphatic heterocycles. The highest BCUT2D eigenvalue weighted by Gasteiger charge is 2.13. The van der Waals surface area contributed by atoms with Gasteiger partial charge in [-0.2, -0.15) is 0 Å². The molecule has 0 saturated carbocycles. The maximum Gasteiger partial charge on any atom is 0.356 e. The van der Waals surface area contributed by atoms with Gasteiger partial charge in [-0.15, -0.1) is 0 Å². The van der Waals surface area contributed by atoms with Gasteiger partial charge >= 0.3 is 5.97 Å². The molecule has 2 aromatic heterocycles. The minimum Gasteiger partial charge on any atom is -0.495 e. The summed E-state index contributed by atoms with van der Waals surface area (Å²) >= 11 is 0. The molecule has 0 amide bonds. The van der Waals surface area contributed by atoms with E-state index in [1.807, 2.05) is 18.2 Å². The third kappa shape index (κ3) is 1.87. The van der Waals surface area contributed by atoms with Crippen molar-refractivity contribution in [2.75, 3.05) is 13.7 Å². The minimum absolute atomic E-state index is 0.308. The van der Waals surface area contributed by atoms with E-state index in [-0.39, 0.29) is 0 Å². The van der Waals surface area contributed by atoms with Gasteiger partial charge in [-0.1, -0.05) is 12.1 Å². The van der Waals surface area contributed by atoms with Crippen molar-refractivity contribution in [2.45, 2.75) is 6.92 Å². The van der Waals surface area contributed by atoms with Crippen molar-refractivity contribution in [3.05, 3.63) is 36.2 Å². The van der Waals surface area contributed by atoms with Crippen LogP contribution < -0.4 is 4.74 Å². The summed E-state index contributed by atoms with van der Waals surface area (Å²) in [4.78, 5) is 19.1. The Kier molecular flexibility index (Phi) is 3.02. The van der Waals surface area contributed by atoms with Gasteiger partial charge in [0.2, 0.25) is 0 Å². The van der Waals surface area contributed by atoms with Crippen LogP contribution in [0.2, 0.25) is 0 Å². The number of methoxy groups -OCH3 is 1. The number of aromatic nitrogens is 2. The number of ether oxygens (including phenoxy) is 2. The first kappa shape index (κ1) is 12.5. The van der Waals surface area contributed by atoms with Gasteiger partial charge in [-0.05, 0) is 19.1 Å². The lowest BCUT2D eigenvalue weighted by Crippen LogP contribution is -2.06. The molecule has 3 aromatic rings. The summed E-state index contributed by atoms with van der Waals surface area (Å²) in [6.45, 7) is 2.10. The monoisotopic (exact) mass is 270 g/mol. The van der Waals surface area contributed by atoms with Crippen molar-refractivity contribution in [1.29, 1.82) is 0 Å². The number of aromatic amines is 1. The number of pyridine rings is 1. The Morgan fingerprint density at radius 1 is 1.35 bits per heavy atom. The van der Waals surface area contributed by atoms with Crippen LogP contribution in [0.4, 0.5) is 0 Å². The number of hydrogen-bond acceptors (Lipinski definition) is 4. The summed E-state index contributed by atoms with van der Waals surface area (Å²) in [5.41, 5.74) is 2.06. The van der Waals surface area contributed by atoms with Crippen LogP contribution >= 0.6 is 0 Å². The van der Waals surface area contributed by atoms with E-state index in [9.17, 15) is 4.79 Å². The van der Waals surface area contributed by atoms with E-state index in [0.29, 0.717) is 12.3 Å². The first-order chi connectivity index (χ1) is 9.74. The van der Waals surface area contributed by atoms with E-state index >= 15 is 0 Å². The van der Waals surface area contributed by atoms with Crippen LogP contribution in [0.25, 0.3) is 21.8 Å². The molecule has 102 valence electrons. The number of nitrogens with zero attached hydrogens (tertiary/aromatic N) is 1. The number of fused-ring (bicyclic) bond motifs is 3. The molecule has 0 fully saturated rings. The number of esters is 1. The largest absolute Gasteiger partial charge is 0.495 e. The molecule has 0 radical (unpaired) electrons. The molecule has 5 nitrogen and oxygen atoms in total. The number of H-pyrrole nitrogens is 1. The number of nitrogens with one attached hydrogen (secondary N) is 1. The van der Waals surface area contributed by atoms with Gasteiger partial charge in [0.1, 0.15) is 11.4 Å². The number of para-hydroxylation sites is 1. The fourth-order valence-corrected chi connectivity index (χ4v) is 2.28. The van der Waals surface area contributed by atoms with Crippen LogP contribution in [-0.4, -0.2) is 29.7 Å². The number of carbonyl (C=O) groups is 1. The highest BCUT2D eigenvalue weighted by Crippen LogP contribution is 2.31. The number of hydrogen-bond donors (Lipinski definition) is 1. The molecule has 0 unspecified atom stereocenters. The molecular weight excluding hydrogens is 256 g/mol. The normalized spacial score (nSPS) is 10.9. The van der Waals surface area contributed by atoms with Crippen LogP contribution in [0.15, 0.2) is 30.5 Å². The number of rotatable bonds is 3. The van der Waals surface area contributed by atoms with E-state index in [2.05, 4.69) is 9.97 Å². The third-order valence-electron chi connectivity index (χ3n) is 3.18. The zero-order valence-corrected chi connectivity index (χ0v) is 11.3. The molecule has 0 saturated heterocycles. The average molecular weight is 270 g/mol. The molecule has 0 aliphatic rings. The van der Waals surface area contributed by atoms with Gasteiger partial charge in [-0.25, -0.2) is 9.78 Å². The van der Waals surface area contributed by atoms with Gasteiger partial charge in [0, 0.05) is 10.8 Å². The molecule has 0 aliphatic carbocycles. The van der Waals surface area contributed by atoms with E-state index < -0.39 is 5.97 Å². The molecule has 20 heavy (non-hydrogen) atoms. The topological polar surface area (TPSA) is 64.2 Å². The van der Waals surface area contributed by atoms with Crippen LogP contribution in [0.1, 0.15) is 17.4 Å². The van der Waals surface area contributed by atoms with Gasteiger partial charge in [-0.3, -0.25) is 0 Å². The Morgan fingerprint density at radius 2 is 2.20 bits per heavy atom. The lowest BCUT2D eigenvalue weighted by molar-refractivity contribution is 0.0520. The molecule has 0 bridgehead atoms. The van der Waals surface area contributed by atoms with Crippen LogP contribution in [-0.2, 0) is 4.74 Å². The maximum absolute atomic E-state index is 11.7. The quantitative estimate of drug-likeness (QED) is 0.743. The van der Waals surface area contributed by atoms with Crippen LogP contribution in [0, 0.1) is 0 Å². The Labute approximate surface area is 115 Å². The van der Waals surface area contributed by atoms with Crippen LogP contribution in [0.5, 0.6) is 5.75 Å². The molecule has 5 heteroatoms. The molecule has 3 rings (SSSR count). The summed E-state index contributed by atoms with van der Waals surface area (Å²) in [6.07, 6.45) is 1.64. The first-order valence-corrected chi connectivity index (χ1v) is 6.36. The van der Waals surface area contributed by atoms with Crippen LogP contribution in [0.3, 0.4) is 0 Å². The van der Waals surface area contributed by atoms with Crippen molar-refractivity contribution >= 4 is 27.8 Å². The summed E-state index contributed by atoms with van der Waals surface area (Å²) in [5, 5.41) is 1.92. The molecule has 1 aromatic carbocycles. The Morgan fingerprint density at radius 3 is 2.95 bits per heavy atom. The lowest BCUT2D eigenvalue weighted by atomic mass is 10.1. The average Bonchev–Trinajstić information content (AvgIpc) is 2.85. The zero-order valence-electron chi connectivity index (χ0n) is 11.3. The van der Waals surface area contributed by atoms with Crippen molar-refractivity contribution in [3.8, 4) is 5.75 Å². The Hall–Kier alpha value is -2.56. The predicted molar refractivity (Wildman–Crippen MR) is 76.1 cm³/mol. The molecule has 0 spiro atoms. The second-order valence-corrected chi connectivity index (χ2v) is 4.34. The predicted octanol–water partition coefficient (Wildman–Crippen LogP) is 2.90. The van der Waals surface area contributed by atoms with Crippen molar-refractivity contribution in [2.24, 2.45) is 0 Å². The highest BCUT2D eigenvalue weighted by atomic mass is 16.5. The third-order valence-corrected chi connectivity index (χ3v) is 3.18. The van der Waals surface area contributed by atoms with Gasteiger partial charge < -0.3 is 14.5 Å². The second-order valence-electron chi connectivity index (χ2n) is 4.34. The van der Waals surface area contributed by atoms with E-state index in [0.717, 1.165) is 27.6 Å². The highest BCUT2D eigenvalue weighted by molar-refractivity contribution is 6.10. The lowest BCUT2D eigenvalue weighted by Gasteiger charge is -2.01. The van der Waals surface area contributed by atoms with E-state index in [1.54, 1.807) is 26.3 Å². The summed E-state index contributed by atoms with van der Waals surface area (Å²) in [6, 6.07) is 7.52. The smallest absolute Gasteiger partial charge is 0.356 e. The first-order valence-electron chi connectivity index (χ1n) is 6.36. The van der Waals surface area contributed by atoms with E-state index in [1.165, 1.54) is 0 Å². The van der Waals surface area contributed by atoms with E-state index in [4.69, 9.17) is 9.47 Å². The molecule has 1 N–H and O–H groups in total. The summed E-state index contributed by atoms with van der Waals surface area (Å²) < 4.78 is 10.3. The van der Waals surface area contributed by atoms with Crippen molar-refractivity contribution in [1.82, 2.24) is 9.97 Å². The Bertz CT molecular complexity index is 792. The molecule has 2 heterocycles. The van der Waals surface area contributed by atoms with Gasteiger partial charge in [0.15, 0.2) is 0 Å². The number of carbonyl (C=O) groups excluding carboxylic acids is 1. The summed E-state index contributed by atoms with van der Waals surface area (Å²) in [7, 11) is 1.63. The maximum atomic E-state index is 11.7. The summed E-state index contributed by atoms with van der Waals surface area (Å²) in [5.74, 6) is 0.350. The minimum atomic E-state index is -0.411. The molecule has 0 atom stereocenters. The van der Waals surface area contributed by atoms with Gasteiger partial charge in [0.05, 0.1) is 30.9 Å². The second kappa shape index (κ2) is 4.85. The standard InChI is InChI=1S/C15H14N2O3/c1-3-20-15(18)11-7-10-9-5-4-6-13(19-2)14(9)17-12(10)8-16-11/h4-8,17H,3H2,1-2H3. The molecular formula is C15H14N2O3. The van der Waals surface area contributed by atoms with Crippen molar-refractivity contribution in [3.63, 3.8) is 0 Å². The SMILES string of the molecule is CCOC(=O)c1cc2c(cn1)[nH]c1c(OC)cccc12. The fraction of sp³-hybridized carbons (Fsp3) is 0.200. The number of benzene rings is 1.